The largest absolute Gasteiger partial charge is 0.463 e. The highest BCUT2D eigenvalue weighted by Crippen LogP contribution is 2.67. The van der Waals surface area contributed by atoms with Crippen LogP contribution in [0.25, 0.3) is 0 Å². The summed E-state index contributed by atoms with van der Waals surface area (Å²) in [5.41, 5.74) is 4.11. The van der Waals surface area contributed by atoms with Gasteiger partial charge in [-0.1, -0.05) is 51.5 Å². The Balaban J connectivity index is 1.47. The molecule has 0 radical (unpaired) electrons. The number of hydrogen-bond acceptors (Lipinski definition) is 2. The van der Waals surface area contributed by atoms with Crippen LogP contribution in [0.4, 0.5) is 0 Å². The summed E-state index contributed by atoms with van der Waals surface area (Å²) in [5.74, 6) is 4.52. The molecule has 4 aliphatic rings. The number of fused-ring (bicyclic) bond motifs is 5. The van der Waals surface area contributed by atoms with Gasteiger partial charge >= 0.3 is 5.97 Å². The fourth-order valence-corrected chi connectivity index (χ4v) is 9.25. The Hall–Kier alpha value is -1.05. The molecule has 33 heavy (non-hydrogen) atoms. The number of ether oxygens (including phenoxy) is 1. The Morgan fingerprint density at radius 3 is 2.45 bits per heavy atom. The number of carbonyl (C=O) groups is 1. The van der Waals surface area contributed by atoms with E-state index in [2.05, 4.69) is 47.3 Å². The fraction of sp³-hybridized carbons (Fsp3) is 0.839. The highest BCUT2D eigenvalue weighted by atomic mass is 16.5. The molecule has 0 N–H and O–H groups in total. The SMILES string of the molecule is C=C(C)[C@@H](CC)CC[C@@H](C)[C@H]1CC[C@H]2C3=CC[C@H]4C[C@@H](OC(C)=O)CC[C@]4(C)[C@H]3CC[C@]12C. The van der Waals surface area contributed by atoms with Gasteiger partial charge in [0, 0.05) is 6.92 Å². The molecule has 0 unspecified atom stereocenters. The predicted octanol–water partition coefficient (Wildman–Crippen LogP) is 8.52. The highest BCUT2D eigenvalue weighted by molar-refractivity contribution is 5.66. The van der Waals surface area contributed by atoms with Crippen LogP contribution in [-0.4, -0.2) is 12.1 Å². The van der Waals surface area contributed by atoms with Gasteiger partial charge in [0.25, 0.3) is 0 Å². The molecule has 4 rings (SSSR count). The van der Waals surface area contributed by atoms with Gasteiger partial charge in [-0.05, 0) is 124 Å². The zero-order valence-electron chi connectivity index (χ0n) is 22.4. The van der Waals surface area contributed by atoms with Crippen molar-refractivity contribution in [2.75, 3.05) is 0 Å². The van der Waals surface area contributed by atoms with E-state index < -0.39 is 0 Å². The van der Waals surface area contributed by atoms with Gasteiger partial charge in [0.1, 0.15) is 6.10 Å². The number of hydrogen-bond donors (Lipinski definition) is 0. The maximum atomic E-state index is 11.5. The molecule has 186 valence electrons. The second kappa shape index (κ2) is 9.54. The molecule has 0 heterocycles. The number of carbonyl (C=O) groups excluding carboxylic acids is 1. The first-order valence-corrected chi connectivity index (χ1v) is 14.1. The average molecular weight is 455 g/mol. The summed E-state index contributed by atoms with van der Waals surface area (Å²) < 4.78 is 5.64. The van der Waals surface area contributed by atoms with E-state index in [4.69, 9.17) is 4.74 Å². The van der Waals surface area contributed by atoms with E-state index in [0.29, 0.717) is 22.7 Å². The average Bonchev–Trinajstić information content (AvgIpc) is 3.11. The Morgan fingerprint density at radius 1 is 1.09 bits per heavy atom. The van der Waals surface area contributed by atoms with Gasteiger partial charge < -0.3 is 4.74 Å². The summed E-state index contributed by atoms with van der Waals surface area (Å²) in [5, 5.41) is 0. The lowest BCUT2D eigenvalue weighted by atomic mass is 9.47. The van der Waals surface area contributed by atoms with Crippen molar-refractivity contribution in [1.29, 1.82) is 0 Å². The van der Waals surface area contributed by atoms with Crippen molar-refractivity contribution in [3.05, 3.63) is 23.8 Å². The van der Waals surface area contributed by atoms with Crippen molar-refractivity contribution >= 4 is 5.97 Å². The standard InChI is InChI=1S/C31H50O2/c1-8-23(20(2)3)10-9-21(4)27-13-14-28-26-12-11-24-19-25(33-22(5)32)15-17-30(24,6)29(26)16-18-31(27,28)7/h12,21,23-25,27-29H,2,8-11,13-19H2,1,3-7H3/t21-,23+,24+,25+,27-,28+,29+,30+,31-/m1/s1. The van der Waals surface area contributed by atoms with Crippen LogP contribution >= 0.6 is 0 Å². The van der Waals surface area contributed by atoms with E-state index in [-0.39, 0.29) is 12.1 Å². The van der Waals surface area contributed by atoms with Crippen LogP contribution in [0.3, 0.4) is 0 Å². The molecule has 2 heteroatoms. The van der Waals surface area contributed by atoms with Gasteiger partial charge in [-0.15, -0.1) is 0 Å². The van der Waals surface area contributed by atoms with Crippen LogP contribution in [0.15, 0.2) is 23.8 Å². The summed E-state index contributed by atoms with van der Waals surface area (Å²) >= 11 is 0. The molecule has 2 nitrogen and oxygen atoms in total. The van der Waals surface area contributed by atoms with Crippen molar-refractivity contribution in [3.8, 4) is 0 Å². The molecule has 0 aromatic rings. The first-order valence-electron chi connectivity index (χ1n) is 14.1. The normalized spacial score (nSPS) is 41.8. The minimum Gasteiger partial charge on any atom is -0.463 e. The Kier molecular flexibility index (Phi) is 7.24. The zero-order chi connectivity index (χ0) is 24.0. The van der Waals surface area contributed by atoms with Crippen molar-refractivity contribution in [3.63, 3.8) is 0 Å². The number of esters is 1. The molecular formula is C31H50O2. The quantitative estimate of drug-likeness (QED) is 0.284. The summed E-state index contributed by atoms with van der Waals surface area (Å²) in [7, 11) is 0. The molecule has 0 amide bonds. The van der Waals surface area contributed by atoms with Gasteiger partial charge in [0.15, 0.2) is 0 Å². The Bertz CT molecular complexity index is 780. The highest BCUT2D eigenvalue weighted by Gasteiger charge is 2.58. The monoisotopic (exact) mass is 454 g/mol. The van der Waals surface area contributed by atoms with Gasteiger partial charge in [0.05, 0.1) is 0 Å². The molecule has 3 fully saturated rings. The molecule has 9 atom stereocenters. The molecule has 0 spiro atoms. The third kappa shape index (κ3) is 4.50. The number of rotatable bonds is 7. The minimum absolute atomic E-state index is 0.108. The van der Waals surface area contributed by atoms with Crippen LogP contribution < -0.4 is 0 Å². The molecule has 0 bridgehead atoms. The van der Waals surface area contributed by atoms with E-state index in [1.807, 2.05) is 5.57 Å². The van der Waals surface area contributed by atoms with Gasteiger partial charge in [-0.2, -0.15) is 0 Å². The second-order valence-electron chi connectivity index (χ2n) is 13.0. The summed E-state index contributed by atoms with van der Waals surface area (Å²) in [6, 6.07) is 0. The van der Waals surface area contributed by atoms with Crippen LogP contribution in [0.5, 0.6) is 0 Å². The molecule has 0 aliphatic heterocycles. The first kappa shape index (κ1) is 25.1. The molecule has 0 saturated heterocycles. The zero-order valence-corrected chi connectivity index (χ0v) is 22.4. The molecular weight excluding hydrogens is 404 g/mol. The lowest BCUT2D eigenvalue weighted by Crippen LogP contribution is -2.50. The van der Waals surface area contributed by atoms with E-state index in [9.17, 15) is 4.79 Å². The maximum absolute atomic E-state index is 11.5. The van der Waals surface area contributed by atoms with E-state index in [1.165, 1.54) is 63.4 Å². The first-order chi connectivity index (χ1) is 15.6. The summed E-state index contributed by atoms with van der Waals surface area (Å²) in [6.45, 7) is 18.1. The molecule has 4 aliphatic carbocycles. The molecule has 0 aromatic heterocycles. The van der Waals surface area contributed by atoms with Gasteiger partial charge in [0.2, 0.25) is 0 Å². The molecule has 0 aromatic carbocycles. The predicted molar refractivity (Wildman–Crippen MR) is 138 cm³/mol. The lowest BCUT2D eigenvalue weighted by Gasteiger charge is -2.58. The summed E-state index contributed by atoms with van der Waals surface area (Å²) in [6.07, 6.45) is 16.9. The minimum atomic E-state index is -0.108. The lowest BCUT2D eigenvalue weighted by molar-refractivity contribution is -0.152. The van der Waals surface area contributed by atoms with Gasteiger partial charge in [-0.25, -0.2) is 0 Å². The van der Waals surface area contributed by atoms with E-state index >= 15 is 0 Å². The van der Waals surface area contributed by atoms with Crippen LogP contribution in [0, 0.1) is 46.3 Å². The maximum Gasteiger partial charge on any atom is 0.302 e. The van der Waals surface area contributed by atoms with Crippen molar-refractivity contribution in [1.82, 2.24) is 0 Å². The van der Waals surface area contributed by atoms with E-state index in [1.54, 1.807) is 6.92 Å². The van der Waals surface area contributed by atoms with Crippen LogP contribution in [0.1, 0.15) is 112 Å². The smallest absolute Gasteiger partial charge is 0.302 e. The van der Waals surface area contributed by atoms with Gasteiger partial charge in [-0.3, -0.25) is 4.79 Å². The van der Waals surface area contributed by atoms with Crippen molar-refractivity contribution < 1.29 is 9.53 Å². The van der Waals surface area contributed by atoms with Crippen molar-refractivity contribution in [2.24, 2.45) is 46.3 Å². The van der Waals surface area contributed by atoms with Crippen LogP contribution in [-0.2, 0) is 9.53 Å². The molecule has 3 saturated carbocycles. The third-order valence-electron chi connectivity index (χ3n) is 11.3. The van der Waals surface area contributed by atoms with E-state index in [0.717, 1.165) is 36.5 Å². The fourth-order valence-electron chi connectivity index (χ4n) is 9.25. The Labute approximate surface area is 204 Å². The van der Waals surface area contributed by atoms with Crippen molar-refractivity contribution in [2.45, 2.75) is 118 Å². The third-order valence-corrected chi connectivity index (χ3v) is 11.3. The Morgan fingerprint density at radius 2 is 1.79 bits per heavy atom. The topological polar surface area (TPSA) is 26.3 Å². The summed E-state index contributed by atoms with van der Waals surface area (Å²) in [4.78, 5) is 11.5. The van der Waals surface area contributed by atoms with Crippen LogP contribution in [0.2, 0.25) is 0 Å². The second-order valence-corrected chi connectivity index (χ2v) is 13.0. The number of allylic oxidation sites excluding steroid dienone is 3.